The molecule has 0 heterocycles. The van der Waals surface area contributed by atoms with Crippen molar-refractivity contribution in [3.63, 3.8) is 0 Å². The van der Waals surface area contributed by atoms with E-state index in [1.54, 1.807) is 12.1 Å². The van der Waals surface area contributed by atoms with Gasteiger partial charge in [-0.3, -0.25) is 19.2 Å². The first-order valence-corrected chi connectivity index (χ1v) is 13.7. The van der Waals surface area contributed by atoms with E-state index in [0.717, 1.165) is 25.7 Å². The fourth-order valence-electron chi connectivity index (χ4n) is 6.30. The van der Waals surface area contributed by atoms with Crippen LogP contribution in [0.15, 0.2) is 42.5 Å². The molecule has 0 aromatic heterocycles. The number of esters is 1. The number of ether oxygens (including phenoxy) is 2. The van der Waals surface area contributed by atoms with Gasteiger partial charge >= 0.3 is 17.9 Å². The third kappa shape index (κ3) is 5.41. The molecule has 2 aromatic rings. The van der Waals surface area contributed by atoms with E-state index < -0.39 is 40.8 Å². The van der Waals surface area contributed by atoms with Gasteiger partial charge in [-0.2, -0.15) is 0 Å². The summed E-state index contributed by atoms with van der Waals surface area (Å²) >= 11 is 0. The minimum atomic E-state index is -2.34. The van der Waals surface area contributed by atoms with Gasteiger partial charge in [-0.05, 0) is 74.7 Å². The summed E-state index contributed by atoms with van der Waals surface area (Å²) in [5.74, 6) is -5.28. The Morgan fingerprint density at radius 1 is 0.905 bits per heavy atom. The van der Waals surface area contributed by atoms with E-state index in [-0.39, 0.29) is 41.7 Å². The van der Waals surface area contributed by atoms with Crippen molar-refractivity contribution < 1.29 is 43.7 Å². The lowest BCUT2D eigenvalue weighted by Crippen LogP contribution is -2.75. The second kappa shape index (κ2) is 12.2. The SMILES string of the molecule is CNC1(C(=O)O)CCC(c2ccc(OC(C)=O)c(OC)c2)C1(NC(=O)c1ccc(NC(=O)C2CCCC2)cc1)C(=O)O. The summed E-state index contributed by atoms with van der Waals surface area (Å²) in [6, 6.07) is 10.4. The monoisotopic (exact) mass is 581 g/mol. The molecule has 3 unspecified atom stereocenters. The van der Waals surface area contributed by atoms with Crippen LogP contribution in [0, 0.1) is 5.92 Å². The van der Waals surface area contributed by atoms with Crippen molar-refractivity contribution in [1.82, 2.24) is 10.6 Å². The number of carbonyl (C=O) groups excluding carboxylic acids is 3. The van der Waals surface area contributed by atoms with Crippen LogP contribution in [-0.2, 0) is 19.2 Å². The molecule has 4 rings (SSSR count). The number of carboxylic acids is 2. The van der Waals surface area contributed by atoms with Gasteiger partial charge < -0.3 is 35.6 Å². The Balaban J connectivity index is 1.70. The number of carbonyl (C=O) groups is 5. The Morgan fingerprint density at radius 3 is 2.12 bits per heavy atom. The molecule has 3 atom stereocenters. The van der Waals surface area contributed by atoms with Crippen LogP contribution in [0.1, 0.15) is 67.3 Å². The van der Waals surface area contributed by atoms with E-state index in [1.165, 1.54) is 51.4 Å². The third-order valence-electron chi connectivity index (χ3n) is 8.43. The zero-order chi connectivity index (χ0) is 30.7. The first kappa shape index (κ1) is 30.5. The Hall–Kier alpha value is -4.45. The lowest BCUT2D eigenvalue weighted by molar-refractivity contribution is -0.159. The van der Waals surface area contributed by atoms with Crippen LogP contribution in [0.25, 0.3) is 0 Å². The lowest BCUT2D eigenvalue weighted by atomic mass is 9.72. The largest absolute Gasteiger partial charge is 0.493 e. The van der Waals surface area contributed by atoms with Gasteiger partial charge in [0.05, 0.1) is 7.11 Å². The highest BCUT2D eigenvalue weighted by molar-refractivity contribution is 6.03. The smallest absolute Gasteiger partial charge is 0.332 e. The normalized spacial score (nSPS) is 23.6. The Kier molecular flexibility index (Phi) is 8.86. The highest BCUT2D eigenvalue weighted by Gasteiger charge is 2.70. The molecule has 224 valence electrons. The first-order valence-electron chi connectivity index (χ1n) is 13.7. The quantitative estimate of drug-likeness (QED) is 0.207. The average molecular weight is 582 g/mol. The molecule has 2 aliphatic carbocycles. The van der Waals surface area contributed by atoms with Crippen LogP contribution in [0.2, 0.25) is 0 Å². The molecule has 0 spiro atoms. The number of likely N-dealkylation sites (N-methyl/N-ethyl adjacent to an activating group) is 1. The van der Waals surface area contributed by atoms with Crippen LogP contribution in [0.5, 0.6) is 11.5 Å². The summed E-state index contributed by atoms with van der Waals surface area (Å²) in [4.78, 5) is 63.5. The predicted molar refractivity (Wildman–Crippen MR) is 151 cm³/mol. The van der Waals surface area contributed by atoms with Crippen LogP contribution in [0.3, 0.4) is 0 Å². The Labute approximate surface area is 242 Å². The molecule has 2 fully saturated rings. The van der Waals surface area contributed by atoms with E-state index in [4.69, 9.17) is 9.47 Å². The maximum atomic E-state index is 13.6. The molecule has 2 aliphatic rings. The standard InChI is InChI=1S/C30H35N3O9/c1-17(34)42-23-13-10-20(16-24(23)41-3)22-14-15-29(31-2,27(37)38)30(22,28(39)40)33-26(36)19-8-11-21(12-9-19)32-25(35)18-6-4-5-7-18/h8-13,16,18,22,31H,4-7,14-15H2,1-3H3,(H,32,35)(H,33,36)(H,37,38)(H,39,40). The Morgan fingerprint density at radius 2 is 1.57 bits per heavy atom. The van der Waals surface area contributed by atoms with Crippen LogP contribution < -0.4 is 25.4 Å². The van der Waals surface area contributed by atoms with Crippen molar-refractivity contribution in [2.75, 3.05) is 19.5 Å². The molecule has 12 heteroatoms. The van der Waals surface area contributed by atoms with Crippen molar-refractivity contribution in [2.24, 2.45) is 5.92 Å². The molecule has 0 radical (unpaired) electrons. The van der Waals surface area contributed by atoms with Gasteiger partial charge in [-0.15, -0.1) is 0 Å². The summed E-state index contributed by atoms with van der Waals surface area (Å²) in [7, 11) is 2.69. The summed E-state index contributed by atoms with van der Waals surface area (Å²) < 4.78 is 10.5. The highest BCUT2D eigenvalue weighted by Crippen LogP contribution is 2.51. The number of nitrogens with one attached hydrogen (secondary N) is 3. The second-order valence-corrected chi connectivity index (χ2v) is 10.7. The number of aliphatic carboxylic acids is 2. The molecule has 12 nitrogen and oxygen atoms in total. The van der Waals surface area contributed by atoms with Gasteiger partial charge in [0.1, 0.15) is 0 Å². The van der Waals surface area contributed by atoms with Crippen molar-refractivity contribution in [2.45, 2.75) is 62.4 Å². The number of hydrogen-bond donors (Lipinski definition) is 5. The lowest BCUT2D eigenvalue weighted by Gasteiger charge is -2.43. The van der Waals surface area contributed by atoms with E-state index in [2.05, 4.69) is 16.0 Å². The summed E-state index contributed by atoms with van der Waals surface area (Å²) in [5, 5.41) is 29.1. The van der Waals surface area contributed by atoms with Crippen LogP contribution in [-0.4, -0.2) is 65.2 Å². The van der Waals surface area contributed by atoms with Gasteiger partial charge in [0, 0.05) is 30.0 Å². The molecule has 5 N–H and O–H groups in total. The third-order valence-corrected chi connectivity index (χ3v) is 8.43. The van der Waals surface area contributed by atoms with Gasteiger partial charge in [0.15, 0.2) is 22.6 Å². The Bertz CT molecular complexity index is 1390. The van der Waals surface area contributed by atoms with Gasteiger partial charge in [0.25, 0.3) is 5.91 Å². The number of anilines is 1. The zero-order valence-corrected chi connectivity index (χ0v) is 23.7. The minimum absolute atomic E-state index is 0.0462. The molecular formula is C30H35N3O9. The van der Waals surface area contributed by atoms with Gasteiger partial charge in [-0.25, -0.2) is 4.79 Å². The van der Waals surface area contributed by atoms with E-state index >= 15 is 0 Å². The van der Waals surface area contributed by atoms with Crippen LogP contribution >= 0.6 is 0 Å². The first-order chi connectivity index (χ1) is 20.0. The molecule has 2 saturated carbocycles. The molecular weight excluding hydrogens is 546 g/mol. The molecule has 0 saturated heterocycles. The van der Waals surface area contributed by atoms with E-state index in [0.29, 0.717) is 11.3 Å². The second-order valence-electron chi connectivity index (χ2n) is 10.7. The zero-order valence-electron chi connectivity index (χ0n) is 23.7. The maximum Gasteiger partial charge on any atom is 0.332 e. The summed E-state index contributed by atoms with van der Waals surface area (Å²) in [6.45, 7) is 1.22. The number of hydrogen-bond acceptors (Lipinski definition) is 8. The molecule has 42 heavy (non-hydrogen) atoms. The molecule has 0 bridgehead atoms. The van der Waals surface area contributed by atoms with Crippen molar-refractivity contribution >= 4 is 35.4 Å². The number of benzene rings is 2. The molecule has 2 amide bonds. The summed E-state index contributed by atoms with van der Waals surface area (Å²) in [5.41, 5.74) is -3.47. The number of amides is 2. The summed E-state index contributed by atoms with van der Waals surface area (Å²) in [6.07, 6.45) is 3.66. The number of methoxy groups -OCH3 is 1. The predicted octanol–water partition coefficient (Wildman–Crippen LogP) is 2.92. The van der Waals surface area contributed by atoms with Crippen molar-refractivity contribution in [3.8, 4) is 11.5 Å². The van der Waals surface area contributed by atoms with Crippen molar-refractivity contribution in [1.29, 1.82) is 0 Å². The van der Waals surface area contributed by atoms with E-state index in [1.807, 2.05) is 0 Å². The average Bonchev–Trinajstić information content (AvgIpc) is 3.61. The number of rotatable bonds is 10. The molecule has 2 aromatic carbocycles. The van der Waals surface area contributed by atoms with Crippen LogP contribution in [0.4, 0.5) is 5.69 Å². The van der Waals surface area contributed by atoms with Gasteiger partial charge in [0.2, 0.25) is 5.91 Å². The fourth-order valence-corrected chi connectivity index (χ4v) is 6.30. The molecule has 0 aliphatic heterocycles. The fraction of sp³-hybridized carbons (Fsp3) is 0.433. The number of carboxylic acid groups (broad SMARTS) is 2. The minimum Gasteiger partial charge on any atom is -0.493 e. The topological polar surface area (TPSA) is 180 Å². The van der Waals surface area contributed by atoms with Crippen molar-refractivity contribution in [3.05, 3.63) is 53.6 Å². The van der Waals surface area contributed by atoms with E-state index in [9.17, 15) is 34.2 Å². The maximum absolute atomic E-state index is 13.6. The highest BCUT2D eigenvalue weighted by atomic mass is 16.6. The van der Waals surface area contributed by atoms with Gasteiger partial charge in [-0.1, -0.05) is 18.9 Å².